The summed E-state index contributed by atoms with van der Waals surface area (Å²) in [5.41, 5.74) is 0.795. The van der Waals surface area contributed by atoms with Gasteiger partial charge in [-0.3, -0.25) is 0 Å². The molecule has 2 atom stereocenters. The second kappa shape index (κ2) is 4.30. The predicted molar refractivity (Wildman–Crippen MR) is 65.3 cm³/mol. The average Bonchev–Trinajstić information content (AvgIpc) is 3.05. The lowest BCUT2D eigenvalue weighted by atomic mass is 9.82. The summed E-state index contributed by atoms with van der Waals surface area (Å²) in [4.78, 5) is 0. The highest BCUT2D eigenvalue weighted by Crippen LogP contribution is 2.56. The maximum Gasteiger partial charge on any atom is 0.0693 e. The van der Waals surface area contributed by atoms with Crippen LogP contribution in [0.3, 0.4) is 0 Å². The minimum absolute atomic E-state index is 0.0782. The van der Waals surface area contributed by atoms with E-state index in [1.807, 2.05) is 0 Å². The van der Waals surface area contributed by atoms with Gasteiger partial charge in [0.25, 0.3) is 0 Å². The molecule has 0 aromatic heterocycles. The Labute approximate surface area is 98.8 Å². The van der Waals surface area contributed by atoms with Crippen LogP contribution in [0, 0.1) is 5.41 Å². The van der Waals surface area contributed by atoms with E-state index in [1.54, 1.807) is 0 Å². The van der Waals surface area contributed by atoms with E-state index in [0.29, 0.717) is 12.1 Å². The van der Waals surface area contributed by atoms with Crippen LogP contribution in [0.25, 0.3) is 0 Å². The minimum atomic E-state index is -0.0782. The molecule has 3 aliphatic carbocycles. The van der Waals surface area contributed by atoms with Gasteiger partial charge in [0.2, 0.25) is 0 Å². The lowest BCUT2D eigenvalue weighted by Crippen LogP contribution is -2.48. The standard InChI is InChI=1S/C14H25NO/c16-13-4-2-1-3-12(13)15-11-5-7-14(8-6-11)9-10-14/h11-13,15-16H,1-10H2/t12-,13-/m0/s1. The molecule has 2 heteroatoms. The maximum atomic E-state index is 9.95. The Morgan fingerprint density at radius 3 is 2.19 bits per heavy atom. The summed E-state index contributed by atoms with van der Waals surface area (Å²) in [6.07, 6.45) is 13.2. The number of nitrogens with one attached hydrogen (secondary N) is 1. The Kier molecular flexibility index (Phi) is 2.97. The number of hydrogen-bond acceptors (Lipinski definition) is 2. The zero-order chi connectivity index (χ0) is 11.0. The summed E-state index contributed by atoms with van der Waals surface area (Å²) in [5.74, 6) is 0. The summed E-state index contributed by atoms with van der Waals surface area (Å²) in [7, 11) is 0. The summed E-state index contributed by atoms with van der Waals surface area (Å²) in [6, 6.07) is 1.09. The van der Waals surface area contributed by atoms with Crippen LogP contribution in [-0.4, -0.2) is 23.3 Å². The second-order valence-electron chi connectivity index (χ2n) is 6.40. The molecule has 3 fully saturated rings. The molecule has 0 radical (unpaired) electrons. The van der Waals surface area contributed by atoms with Gasteiger partial charge < -0.3 is 10.4 Å². The van der Waals surface area contributed by atoms with Gasteiger partial charge in [0, 0.05) is 12.1 Å². The normalized spacial score (nSPS) is 38.8. The third-order valence-corrected chi connectivity index (χ3v) is 5.18. The number of rotatable bonds is 2. The molecule has 92 valence electrons. The van der Waals surface area contributed by atoms with Gasteiger partial charge in [-0.15, -0.1) is 0 Å². The lowest BCUT2D eigenvalue weighted by molar-refractivity contribution is 0.0790. The average molecular weight is 223 g/mol. The highest BCUT2D eigenvalue weighted by molar-refractivity contribution is 4.98. The van der Waals surface area contributed by atoms with Crippen molar-refractivity contribution in [2.45, 2.75) is 82.4 Å². The van der Waals surface area contributed by atoms with Gasteiger partial charge in [0.05, 0.1) is 6.10 Å². The van der Waals surface area contributed by atoms with Crippen molar-refractivity contribution >= 4 is 0 Å². The van der Waals surface area contributed by atoms with Crippen molar-refractivity contribution in [3.8, 4) is 0 Å². The quantitative estimate of drug-likeness (QED) is 0.754. The summed E-state index contributed by atoms with van der Waals surface area (Å²) in [5, 5.41) is 13.7. The lowest BCUT2D eigenvalue weighted by Gasteiger charge is -2.36. The van der Waals surface area contributed by atoms with Gasteiger partial charge in [-0.1, -0.05) is 12.8 Å². The van der Waals surface area contributed by atoms with Crippen molar-refractivity contribution in [1.82, 2.24) is 5.32 Å². The van der Waals surface area contributed by atoms with Crippen molar-refractivity contribution < 1.29 is 5.11 Å². The summed E-state index contributed by atoms with van der Waals surface area (Å²) < 4.78 is 0. The van der Waals surface area contributed by atoms with E-state index in [9.17, 15) is 5.11 Å². The zero-order valence-corrected chi connectivity index (χ0v) is 10.3. The van der Waals surface area contributed by atoms with Crippen LogP contribution in [0.4, 0.5) is 0 Å². The molecule has 0 heterocycles. The monoisotopic (exact) mass is 223 g/mol. The van der Waals surface area contributed by atoms with Crippen molar-refractivity contribution in [1.29, 1.82) is 0 Å². The summed E-state index contributed by atoms with van der Waals surface area (Å²) >= 11 is 0. The first-order valence-electron chi connectivity index (χ1n) is 7.22. The fraction of sp³-hybridized carbons (Fsp3) is 1.00. The summed E-state index contributed by atoms with van der Waals surface area (Å²) in [6.45, 7) is 0. The van der Waals surface area contributed by atoms with Crippen molar-refractivity contribution in [3.05, 3.63) is 0 Å². The fourth-order valence-electron chi connectivity index (χ4n) is 3.68. The van der Waals surface area contributed by atoms with Crippen molar-refractivity contribution in [2.24, 2.45) is 5.41 Å². The first kappa shape index (κ1) is 11.0. The highest BCUT2D eigenvalue weighted by Gasteiger charge is 2.45. The molecule has 3 saturated carbocycles. The fourth-order valence-corrected chi connectivity index (χ4v) is 3.68. The minimum Gasteiger partial charge on any atom is -0.392 e. The molecule has 3 aliphatic rings. The van der Waals surface area contributed by atoms with Gasteiger partial charge in [-0.25, -0.2) is 0 Å². The Balaban J connectivity index is 1.47. The van der Waals surface area contributed by atoms with Crippen LogP contribution < -0.4 is 5.32 Å². The molecule has 0 saturated heterocycles. The zero-order valence-electron chi connectivity index (χ0n) is 10.3. The van der Waals surface area contributed by atoms with E-state index < -0.39 is 0 Å². The van der Waals surface area contributed by atoms with E-state index in [-0.39, 0.29) is 6.10 Å². The van der Waals surface area contributed by atoms with E-state index in [1.165, 1.54) is 57.8 Å². The SMILES string of the molecule is O[C@H]1CCCC[C@@H]1NC1CCC2(CC1)CC2. The molecule has 0 bridgehead atoms. The number of aliphatic hydroxyl groups excluding tert-OH is 1. The number of aliphatic hydroxyl groups is 1. The Bertz CT molecular complexity index is 239. The van der Waals surface area contributed by atoms with Crippen LogP contribution in [0.15, 0.2) is 0 Å². The van der Waals surface area contributed by atoms with Crippen LogP contribution in [0.2, 0.25) is 0 Å². The molecule has 1 spiro atoms. The molecular formula is C14H25NO. The molecule has 16 heavy (non-hydrogen) atoms. The highest BCUT2D eigenvalue weighted by atomic mass is 16.3. The van der Waals surface area contributed by atoms with Crippen molar-refractivity contribution in [3.63, 3.8) is 0 Å². The van der Waals surface area contributed by atoms with Crippen LogP contribution in [0.5, 0.6) is 0 Å². The molecular weight excluding hydrogens is 198 g/mol. The van der Waals surface area contributed by atoms with Gasteiger partial charge in [-0.2, -0.15) is 0 Å². The number of hydrogen-bond donors (Lipinski definition) is 2. The molecule has 0 aliphatic heterocycles. The van der Waals surface area contributed by atoms with E-state index in [2.05, 4.69) is 5.32 Å². The smallest absolute Gasteiger partial charge is 0.0693 e. The molecule has 0 amide bonds. The molecule has 0 aromatic carbocycles. The third-order valence-electron chi connectivity index (χ3n) is 5.18. The van der Waals surface area contributed by atoms with E-state index >= 15 is 0 Å². The maximum absolute atomic E-state index is 9.95. The molecule has 3 rings (SSSR count). The van der Waals surface area contributed by atoms with Crippen LogP contribution in [-0.2, 0) is 0 Å². The van der Waals surface area contributed by atoms with E-state index in [0.717, 1.165) is 11.8 Å². The van der Waals surface area contributed by atoms with Crippen molar-refractivity contribution in [2.75, 3.05) is 0 Å². The largest absolute Gasteiger partial charge is 0.392 e. The topological polar surface area (TPSA) is 32.3 Å². The van der Waals surface area contributed by atoms with Gasteiger partial charge in [-0.05, 0) is 56.8 Å². The third kappa shape index (κ3) is 2.28. The second-order valence-corrected chi connectivity index (χ2v) is 6.40. The van der Waals surface area contributed by atoms with Gasteiger partial charge in [0.15, 0.2) is 0 Å². The van der Waals surface area contributed by atoms with Gasteiger partial charge in [0.1, 0.15) is 0 Å². The van der Waals surface area contributed by atoms with Crippen LogP contribution >= 0.6 is 0 Å². The Hall–Kier alpha value is -0.0800. The van der Waals surface area contributed by atoms with Gasteiger partial charge >= 0.3 is 0 Å². The first-order chi connectivity index (χ1) is 7.77. The Morgan fingerprint density at radius 2 is 1.56 bits per heavy atom. The van der Waals surface area contributed by atoms with E-state index in [4.69, 9.17) is 0 Å². The predicted octanol–water partition coefficient (Wildman–Crippen LogP) is 2.60. The first-order valence-corrected chi connectivity index (χ1v) is 7.22. The molecule has 0 unspecified atom stereocenters. The molecule has 2 nitrogen and oxygen atoms in total. The Morgan fingerprint density at radius 1 is 0.875 bits per heavy atom. The molecule has 2 N–H and O–H groups in total. The molecule has 0 aromatic rings. The van der Waals surface area contributed by atoms with Crippen LogP contribution in [0.1, 0.15) is 64.2 Å².